The Kier molecular flexibility index (Phi) is 8.95. The standard InChI is InChI=1S/C24H26O8/c1-5-29-21(25)17-13-9-11-15(19(17)23(27)31-7-3)16-12-10-14-18(22(26)30-6-2)20(16)24(28)32-8-4/h9-14H,5-8H2,1-4H3. The van der Waals surface area contributed by atoms with E-state index < -0.39 is 23.9 Å². The molecule has 8 nitrogen and oxygen atoms in total. The Balaban J connectivity index is 2.86. The van der Waals surface area contributed by atoms with E-state index in [1.165, 1.54) is 12.1 Å². The SMILES string of the molecule is CCOC(=O)c1cccc(-c2cccc(C(=O)OCC)c2C(=O)OCC)c1C(=O)OCC. The van der Waals surface area contributed by atoms with Gasteiger partial charge in [-0.05, 0) is 51.0 Å². The predicted octanol–water partition coefficient (Wildman–Crippen LogP) is 4.06. The minimum absolute atomic E-state index is 0.0147. The molecule has 170 valence electrons. The van der Waals surface area contributed by atoms with Gasteiger partial charge in [-0.1, -0.05) is 24.3 Å². The van der Waals surface area contributed by atoms with Crippen LogP contribution in [-0.2, 0) is 18.9 Å². The highest BCUT2D eigenvalue weighted by Gasteiger charge is 2.29. The number of hydrogen-bond donors (Lipinski definition) is 0. The monoisotopic (exact) mass is 442 g/mol. The van der Waals surface area contributed by atoms with Crippen molar-refractivity contribution in [3.63, 3.8) is 0 Å². The van der Waals surface area contributed by atoms with Gasteiger partial charge in [-0.2, -0.15) is 0 Å². The van der Waals surface area contributed by atoms with Crippen LogP contribution in [0.2, 0.25) is 0 Å². The predicted molar refractivity (Wildman–Crippen MR) is 116 cm³/mol. The van der Waals surface area contributed by atoms with Gasteiger partial charge in [0, 0.05) is 0 Å². The zero-order valence-electron chi connectivity index (χ0n) is 18.6. The first-order chi connectivity index (χ1) is 15.4. The molecule has 0 atom stereocenters. The van der Waals surface area contributed by atoms with Crippen molar-refractivity contribution in [2.24, 2.45) is 0 Å². The smallest absolute Gasteiger partial charge is 0.339 e. The largest absolute Gasteiger partial charge is 0.462 e. The third-order valence-electron chi connectivity index (χ3n) is 4.37. The summed E-state index contributed by atoms with van der Waals surface area (Å²) in [6.07, 6.45) is 0. The summed E-state index contributed by atoms with van der Waals surface area (Å²) in [5.74, 6) is -2.95. The van der Waals surface area contributed by atoms with Gasteiger partial charge in [0.05, 0.1) is 48.7 Å². The van der Waals surface area contributed by atoms with E-state index in [9.17, 15) is 19.2 Å². The van der Waals surface area contributed by atoms with Crippen molar-refractivity contribution >= 4 is 23.9 Å². The Morgan fingerprint density at radius 2 is 0.844 bits per heavy atom. The minimum atomic E-state index is -0.762. The topological polar surface area (TPSA) is 105 Å². The molecule has 0 aliphatic rings. The van der Waals surface area contributed by atoms with E-state index in [1.54, 1.807) is 52.0 Å². The number of benzene rings is 2. The van der Waals surface area contributed by atoms with E-state index in [4.69, 9.17) is 18.9 Å². The summed E-state index contributed by atoms with van der Waals surface area (Å²) >= 11 is 0. The van der Waals surface area contributed by atoms with Crippen molar-refractivity contribution < 1.29 is 38.1 Å². The van der Waals surface area contributed by atoms with Crippen molar-refractivity contribution in [2.75, 3.05) is 26.4 Å². The van der Waals surface area contributed by atoms with Gasteiger partial charge >= 0.3 is 23.9 Å². The lowest BCUT2D eigenvalue weighted by molar-refractivity contribution is 0.0477. The summed E-state index contributed by atoms with van der Waals surface area (Å²) in [4.78, 5) is 50.8. The van der Waals surface area contributed by atoms with Crippen molar-refractivity contribution in [3.05, 3.63) is 58.7 Å². The minimum Gasteiger partial charge on any atom is -0.462 e. The summed E-state index contributed by atoms with van der Waals surface area (Å²) in [5.41, 5.74) is 0.281. The Hall–Kier alpha value is -3.68. The summed E-state index contributed by atoms with van der Waals surface area (Å²) in [6.45, 7) is 6.93. The maximum Gasteiger partial charge on any atom is 0.339 e. The van der Waals surface area contributed by atoms with Crippen LogP contribution < -0.4 is 0 Å². The lowest BCUT2D eigenvalue weighted by Gasteiger charge is -2.17. The molecule has 8 heteroatoms. The van der Waals surface area contributed by atoms with Gasteiger partial charge in [-0.3, -0.25) is 0 Å². The molecule has 0 aromatic heterocycles. The highest BCUT2D eigenvalue weighted by Crippen LogP contribution is 2.33. The number of carbonyl (C=O) groups excluding carboxylic acids is 4. The van der Waals surface area contributed by atoms with Crippen molar-refractivity contribution in [3.8, 4) is 11.1 Å². The van der Waals surface area contributed by atoms with Crippen LogP contribution in [0.4, 0.5) is 0 Å². The number of carbonyl (C=O) groups is 4. The molecule has 0 aliphatic carbocycles. The Morgan fingerprint density at radius 1 is 0.531 bits per heavy atom. The van der Waals surface area contributed by atoms with E-state index >= 15 is 0 Å². The molecule has 0 N–H and O–H groups in total. The average molecular weight is 442 g/mol. The lowest BCUT2D eigenvalue weighted by Crippen LogP contribution is -2.18. The summed E-state index contributed by atoms with van der Waals surface area (Å²) in [6, 6.07) is 9.09. The molecule has 32 heavy (non-hydrogen) atoms. The van der Waals surface area contributed by atoms with E-state index in [2.05, 4.69) is 0 Å². The summed E-state index contributed by atoms with van der Waals surface area (Å²) < 4.78 is 20.5. The lowest BCUT2D eigenvalue weighted by atomic mass is 9.90. The molecule has 0 radical (unpaired) electrons. The van der Waals surface area contributed by atoms with Gasteiger partial charge in [0.2, 0.25) is 0 Å². The molecule has 2 aromatic rings. The zero-order valence-corrected chi connectivity index (χ0v) is 18.6. The van der Waals surface area contributed by atoms with Gasteiger partial charge in [-0.15, -0.1) is 0 Å². The second-order valence-corrected chi connectivity index (χ2v) is 6.34. The van der Waals surface area contributed by atoms with Crippen LogP contribution in [0.5, 0.6) is 0 Å². The third-order valence-corrected chi connectivity index (χ3v) is 4.37. The highest BCUT2D eigenvalue weighted by atomic mass is 16.5. The van der Waals surface area contributed by atoms with Crippen LogP contribution in [0.3, 0.4) is 0 Å². The normalized spacial score (nSPS) is 10.2. The van der Waals surface area contributed by atoms with E-state index in [1.807, 2.05) is 0 Å². The molecule has 0 spiro atoms. The molecule has 0 bridgehead atoms. The molecule has 0 amide bonds. The fraction of sp³-hybridized carbons (Fsp3) is 0.333. The molecule has 2 rings (SSSR count). The molecule has 0 aliphatic heterocycles. The summed E-state index contributed by atoms with van der Waals surface area (Å²) in [7, 11) is 0. The van der Waals surface area contributed by atoms with Gasteiger partial charge in [0.25, 0.3) is 0 Å². The molecule has 0 unspecified atom stereocenters. The van der Waals surface area contributed by atoms with E-state index in [0.29, 0.717) is 0 Å². The quantitative estimate of drug-likeness (QED) is 0.423. The van der Waals surface area contributed by atoms with Crippen molar-refractivity contribution in [2.45, 2.75) is 27.7 Å². The van der Waals surface area contributed by atoms with Gasteiger partial charge < -0.3 is 18.9 Å². The van der Waals surface area contributed by atoms with Crippen molar-refractivity contribution in [1.29, 1.82) is 0 Å². The molecule has 2 aromatic carbocycles. The van der Waals surface area contributed by atoms with Crippen LogP contribution in [0.15, 0.2) is 36.4 Å². The van der Waals surface area contributed by atoms with Crippen molar-refractivity contribution in [1.82, 2.24) is 0 Å². The number of rotatable bonds is 9. The van der Waals surface area contributed by atoms with Crippen LogP contribution >= 0.6 is 0 Å². The highest BCUT2D eigenvalue weighted by molar-refractivity contribution is 6.12. The summed E-state index contributed by atoms with van der Waals surface area (Å²) in [5, 5.41) is 0. The second-order valence-electron chi connectivity index (χ2n) is 6.34. The van der Waals surface area contributed by atoms with Gasteiger partial charge in [0.1, 0.15) is 0 Å². The van der Waals surface area contributed by atoms with Gasteiger partial charge in [-0.25, -0.2) is 19.2 Å². The van der Waals surface area contributed by atoms with Crippen LogP contribution in [0, 0.1) is 0 Å². The van der Waals surface area contributed by atoms with Crippen LogP contribution in [-0.4, -0.2) is 50.3 Å². The Bertz CT molecular complexity index is 928. The first kappa shape index (κ1) is 24.6. The maximum atomic E-state index is 12.9. The molecular weight excluding hydrogens is 416 g/mol. The van der Waals surface area contributed by atoms with E-state index in [0.717, 1.165) is 0 Å². The molecular formula is C24H26O8. The second kappa shape index (κ2) is 11.6. The fourth-order valence-corrected chi connectivity index (χ4v) is 3.16. The first-order valence-electron chi connectivity index (χ1n) is 10.4. The Labute approximate surface area is 186 Å². The van der Waals surface area contributed by atoms with Crippen LogP contribution in [0.1, 0.15) is 69.1 Å². The number of ether oxygens (including phenoxy) is 4. The average Bonchev–Trinajstić information content (AvgIpc) is 2.78. The molecule has 0 saturated heterocycles. The number of esters is 4. The third kappa shape index (κ3) is 5.32. The molecule has 0 fully saturated rings. The van der Waals surface area contributed by atoms with Gasteiger partial charge in [0.15, 0.2) is 0 Å². The first-order valence-corrected chi connectivity index (χ1v) is 10.4. The molecule has 0 heterocycles. The fourth-order valence-electron chi connectivity index (χ4n) is 3.16. The van der Waals surface area contributed by atoms with Crippen LogP contribution in [0.25, 0.3) is 11.1 Å². The zero-order chi connectivity index (χ0) is 23.7. The Morgan fingerprint density at radius 3 is 1.16 bits per heavy atom. The maximum absolute atomic E-state index is 12.9. The number of hydrogen-bond acceptors (Lipinski definition) is 8. The van der Waals surface area contributed by atoms with E-state index in [-0.39, 0.29) is 59.8 Å². The molecule has 0 saturated carbocycles.